The van der Waals surface area contributed by atoms with Crippen LogP contribution in [-0.4, -0.2) is 24.2 Å². The molecular formula is C13H18N2O3. The quantitative estimate of drug-likeness (QED) is 0.832. The van der Waals surface area contributed by atoms with Crippen molar-refractivity contribution < 1.29 is 14.3 Å². The predicted molar refractivity (Wildman–Crippen MR) is 67.5 cm³/mol. The van der Waals surface area contributed by atoms with E-state index in [1.807, 2.05) is 0 Å². The van der Waals surface area contributed by atoms with Gasteiger partial charge < -0.3 is 15.2 Å². The molecule has 5 nitrogen and oxygen atoms in total. The van der Waals surface area contributed by atoms with Crippen LogP contribution < -0.4 is 10.5 Å². The van der Waals surface area contributed by atoms with Gasteiger partial charge in [0, 0.05) is 6.20 Å². The Balaban J connectivity index is 2.15. The van der Waals surface area contributed by atoms with Crippen molar-refractivity contribution >= 4 is 11.7 Å². The van der Waals surface area contributed by atoms with Gasteiger partial charge in [0.15, 0.2) is 0 Å². The summed E-state index contributed by atoms with van der Waals surface area (Å²) >= 11 is 0. The number of hydrogen-bond acceptors (Lipinski definition) is 5. The average Bonchev–Trinajstić information content (AvgIpc) is 2.41. The Morgan fingerprint density at radius 3 is 2.78 bits per heavy atom. The Morgan fingerprint density at radius 2 is 2.11 bits per heavy atom. The highest BCUT2D eigenvalue weighted by Gasteiger charge is 2.19. The monoisotopic (exact) mass is 250 g/mol. The van der Waals surface area contributed by atoms with Crippen LogP contribution in [0.25, 0.3) is 0 Å². The highest BCUT2D eigenvalue weighted by Crippen LogP contribution is 2.27. The van der Waals surface area contributed by atoms with E-state index in [4.69, 9.17) is 10.5 Å². The number of pyridine rings is 1. The van der Waals surface area contributed by atoms with E-state index in [9.17, 15) is 4.79 Å². The third-order valence-corrected chi connectivity index (χ3v) is 3.19. The molecule has 0 aliphatic heterocycles. The number of carbonyl (C=O) groups is 1. The minimum atomic E-state index is -0.469. The maximum Gasteiger partial charge on any atom is 0.340 e. The lowest BCUT2D eigenvalue weighted by molar-refractivity contribution is 0.0600. The molecule has 0 amide bonds. The molecule has 18 heavy (non-hydrogen) atoms. The molecule has 0 aromatic carbocycles. The fraction of sp³-hybridized carbons (Fsp3) is 0.538. The van der Waals surface area contributed by atoms with Crippen LogP contribution in [0.5, 0.6) is 5.88 Å². The number of methoxy groups -OCH3 is 1. The van der Waals surface area contributed by atoms with Gasteiger partial charge in [0.25, 0.3) is 0 Å². The van der Waals surface area contributed by atoms with Crippen molar-refractivity contribution in [3.05, 3.63) is 17.8 Å². The number of carbonyl (C=O) groups excluding carboxylic acids is 1. The lowest BCUT2D eigenvalue weighted by atomic mass is 9.98. The van der Waals surface area contributed by atoms with Gasteiger partial charge in [-0.2, -0.15) is 0 Å². The lowest BCUT2D eigenvalue weighted by Crippen LogP contribution is -2.21. The maximum atomic E-state index is 11.5. The van der Waals surface area contributed by atoms with Crippen LogP contribution in [0, 0.1) is 0 Å². The van der Waals surface area contributed by atoms with Gasteiger partial charge >= 0.3 is 5.97 Å². The predicted octanol–water partition coefficient (Wildman–Crippen LogP) is 2.16. The molecular weight excluding hydrogens is 232 g/mol. The lowest BCUT2D eigenvalue weighted by Gasteiger charge is -2.23. The number of esters is 1. The number of aromatic nitrogens is 1. The summed E-state index contributed by atoms with van der Waals surface area (Å²) in [7, 11) is 1.32. The second-order valence-corrected chi connectivity index (χ2v) is 4.45. The van der Waals surface area contributed by atoms with Gasteiger partial charge in [-0.3, -0.25) is 0 Å². The summed E-state index contributed by atoms with van der Waals surface area (Å²) in [6, 6.07) is 1.54. The molecule has 1 saturated carbocycles. The van der Waals surface area contributed by atoms with Crippen molar-refractivity contribution in [2.45, 2.75) is 38.2 Å². The Morgan fingerprint density at radius 1 is 1.39 bits per heavy atom. The van der Waals surface area contributed by atoms with Gasteiger partial charge in [0.05, 0.1) is 12.7 Å². The zero-order valence-electron chi connectivity index (χ0n) is 10.5. The molecule has 0 bridgehead atoms. The number of nitrogens with zero attached hydrogens (tertiary/aromatic N) is 1. The molecule has 2 rings (SSSR count). The van der Waals surface area contributed by atoms with Crippen molar-refractivity contribution in [1.82, 2.24) is 4.98 Å². The van der Waals surface area contributed by atoms with Crippen molar-refractivity contribution in [3.8, 4) is 5.88 Å². The average molecular weight is 250 g/mol. The van der Waals surface area contributed by atoms with Crippen molar-refractivity contribution in [2.75, 3.05) is 12.8 Å². The third kappa shape index (κ3) is 2.72. The van der Waals surface area contributed by atoms with Gasteiger partial charge in [-0.05, 0) is 31.7 Å². The van der Waals surface area contributed by atoms with Crippen LogP contribution in [-0.2, 0) is 4.74 Å². The largest absolute Gasteiger partial charge is 0.473 e. The number of ether oxygens (including phenoxy) is 2. The third-order valence-electron chi connectivity index (χ3n) is 3.19. The Hall–Kier alpha value is -1.78. The van der Waals surface area contributed by atoms with E-state index in [1.165, 1.54) is 38.6 Å². The maximum absolute atomic E-state index is 11.5. The van der Waals surface area contributed by atoms with Crippen LogP contribution in [0.2, 0.25) is 0 Å². The second kappa shape index (κ2) is 5.71. The molecule has 1 aliphatic carbocycles. The first-order valence-corrected chi connectivity index (χ1v) is 6.22. The molecule has 2 N–H and O–H groups in total. The van der Waals surface area contributed by atoms with Gasteiger partial charge in [0.2, 0.25) is 5.88 Å². The molecule has 98 valence electrons. The number of nitrogen functional groups attached to an aromatic ring is 1. The SMILES string of the molecule is COC(=O)c1ccnc(OC2CCCCC2)c1N. The standard InChI is InChI=1S/C13H18N2O3/c1-17-13(16)10-7-8-15-12(11(10)14)18-9-5-3-2-4-6-9/h7-9H,2-6,14H2,1H3. The summed E-state index contributed by atoms with van der Waals surface area (Å²) in [4.78, 5) is 15.6. The molecule has 0 atom stereocenters. The first-order valence-electron chi connectivity index (χ1n) is 6.22. The molecule has 0 radical (unpaired) electrons. The molecule has 0 saturated heterocycles. The molecule has 0 spiro atoms. The van der Waals surface area contributed by atoms with E-state index < -0.39 is 5.97 Å². The highest BCUT2D eigenvalue weighted by atomic mass is 16.5. The molecule has 1 heterocycles. The van der Waals surface area contributed by atoms with Gasteiger partial charge in [-0.25, -0.2) is 9.78 Å². The number of hydrogen-bond donors (Lipinski definition) is 1. The highest BCUT2D eigenvalue weighted by molar-refractivity contribution is 5.95. The Bertz CT molecular complexity index is 428. The summed E-state index contributed by atoms with van der Waals surface area (Å²) in [6.45, 7) is 0. The van der Waals surface area contributed by atoms with Crippen LogP contribution in [0.3, 0.4) is 0 Å². The van der Waals surface area contributed by atoms with Gasteiger partial charge in [-0.1, -0.05) is 6.42 Å². The van der Waals surface area contributed by atoms with Crippen molar-refractivity contribution in [2.24, 2.45) is 0 Å². The first kappa shape index (κ1) is 12.7. The van der Waals surface area contributed by atoms with E-state index in [0.29, 0.717) is 11.4 Å². The van der Waals surface area contributed by atoms with Gasteiger partial charge in [-0.15, -0.1) is 0 Å². The number of nitrogens with two attached hydrogens (primary N) is 1. The number of anilines is 1. The number of rotatable bonds is 3. The summed E-state index contributed by atoms with van der Waals surface area (Å²) in [5.41, 5.74) is 6.45. The normalized spacial score (nSPS) is 16.3. The van der Waals surface area contributed by atoms with Crippen molar-refractivity contribution in [3.63, 3.8) is 0 Å². The second-order valence-electron chi connectivity index (χ2n) is 4.45. The van der Waals surface area contributed by atoms with E-state index >= 15 is 0 Å². The smallest absolute Gasteiger partial charge is 0.340 e. The van der Waals surface area contributed by atoms with E-state index in [2.05, 4.69) is 9.72 Å². The summed E-state index contributed by atoms with van der Waals surface area (Å²) < 4.78 is 10.4. The van der Waals surface area contributed by atoms with Gasteiger partial charge in [0.1, 0.15) is 11.8 Å². The zero-order valence-corrected chi connectivity index (χ0v) is 10.5. The zero-order chi connectivity index (χ0) is 13.0. The fourth-order valence-electron chi connectivity index (χ4n) is 2.18. The molecule has 1 aromatic rings. The Kier molecular flexibility index (Phi) is 4.02. The molecule has 1 fully saturated rings. The minimum absolute atomic E-state index is 0.154. The van der Waals surface area contributed by atoms with Crippen LogP contribution in [0.4, 0.5) is 5.69 Å². The molecule has 1 aliphatic rings. The van der Waals surface area contributed by atoms with E-state index in [-0.39, 0.29) is 11.8 Å². The van der Waals surface area contributed by atoms with E-state index in [1.54, 1.807) is 0 Å². The van der Waals surface area contributed by atoms with Crippen LogP contribution in [0.15, 0.2) is 12.3 Å². The Labute approximate surface area is 106 Å². The van der Waals surface area contributed by atoms with Crippen molar-refractivity contribution in [1.29, 1.82) is 0 Å². The topological polar surface area (TPSA) is 74.4 Å². The molecule has 0 unspecified atom stereocenters. The first-order chi connectivity index (χ1) is 8.72. The minimum Gasteiger partial charge on any atom is -0.473 e. The molecule has 1 aromatic heterocycles. The fourth-order valence-corrected chi connectivity index (χ4v) is 2.18. The van der Waals surface area contributed by atoms with E-state index in [0.717, 1.165) is 12.8 Å². The molecule has 5 heteroatoms. The summed E-state index contributed by atoms with van der Waals surface area (Å²) in [5, 5.41) is 0. The van der Waals surface area contributed by atoms with Crippen LogP contribution >= 0.6 is 0 Å². The summed E-state index contributed by atoms with van der Waals surface area (Å²) in [5.74, 6) is -0.131. The summed E-state index contributed by atoms with van der Waals surface area (Å²) in [6.07, 6.45) is 7.29. The van der Waals surface area contributed by atoms with Crippen LogP contribution in [0.1, 0.15) is 42.5 Å².